The van der Waals surface area contributed by atoms with Crippen molar-refractivity contribution < 1.29 is 4.79 Å². The quantitative estimate of drug-likeness (QED) is 0.650. The van der Waals surface area contributed by atoms with Crippen LogP contribution in [-0.4, -0.2) is 22.2 Å². The van der Waals surface area contributed by atoms with Crippen molar-refractivity contribution in [3.63, 3.8) is 0 Å². The van der Waals surface area contributed by atoms with Gasteiger partial charge in [0.05, 0.1) is 15.5 Å². The first-order valence-electron chi connectivity index (χ1n) is 7.81. The number of carbonyl (C=O) groups excluding carboxylic acids is 1. The molecule has 0 bridgehead atoms. The molecule has 2 aromatic heterocycles. The van der Waals surface area contributed by atoms with Gasteiger partial charge in [-0.25, -0.2) is 0 Å². The number of thiophene rings is 1. The van der Waals surface area contributed by atoms with Gasteiger partial charge in [-0.1, -0.05) is 0 Å². The number of anilines is 1. The summed E-state index contributed by atoms with van der Waals surface area (Å²) >= 11 is 5.07. The Hall–Kier alpha value is -1.70. The van der Waals surface area contributed by atoms with Crippen LogP contribution in [0.3, 0.4) is 0 Å². The molecule has 1 atom stereocenters. The molecular formula is C17H19BrN4OS. The van der Waals surface area contributed by atoms with Crippen molar-refractivity contribution in [2.45, 2.75) is 25.8 Å². The Balaban J connectivity index is 1.72. The highest BCUT2D eigenvalue weighted by atomic mass is 79.9. The summed E-state index contributed by atoms with van der Waals surface area (Å²) in [5.41, 5.74) is 7.66. The van der Waals surface area contributed by atoms with E-state index in [2.05, 4.69) is 26.3 Å². The van der Waals surface area contributed by atoms with Crippen molar-refractivity contribution in [1.82, 2.24) is 9.78 Å². The molecule has 0 spiro atoms. The number of hydrogen-bond donors (Lipinski definition) is 2. The molecule has 0 fully saturated rings. The average molecular weight is 407 g/mol. The summed E-state index contributed by atoms with van der Waals surface area (Å²) in [4.78, 5) is 13.5. The third-order valence-corrected chi connectivity index (χ3v) is 5.73. The van der Waals surface area contributed by atoms with Gasteiger partial charge in [0.15, 0.2) is 0 Å². The molecule has 5 nitrogen and oxygen atoms in total. The maximum atomic E-state index is 12.4. The van der Waals surface area contributed by atoms with Gasteiger partial charge in [-0.3, -0.25) is 9.48 Å². The normalized spacial score (nSPS) is 12.5. The summed E-state index contributed by atoms with van der Waals surface area (Å²) in [5, 5.41) is 8.36. The fourth-order valence-corrected chi connectivity index (χ4v) is 4.22. The highest BCUT2D eigenvalue weighted by Crippen LogP contribution is 2.30. The first kappa shape index (κ1) is 17.1. The molecule has 7 heteroatoms. The smallest absolute Gasteiger partial charge is 0.225 e. The molecule has 24 heavy (non-hydrogen) atoms. The summed E-state index contributed by atoms with van der Waals surface area (Å²) in [6.07, 6.45) is 2.21. The van der Waals surface area contributed by atoms with E-state index >= 15 is 0 Å². The SMILES string of the molecule is CCn1ncc2ccc(NC(=O)CC(CN)c3ccc(Br)s3)cc21. The number of benzene rings is 1. The van der Waals surface area contributed by atoms with Crippen LogP contribution in [0.5, 0.6) is 0 Å². The predicted molar refractivity (Wildman–Crippen MR) is 102 cm³/mol. The molecule has 0 radical (unpaired) electrons. The molecule has 1 aromatic carbocycles. The molecule has 3 N–H and O–H groups in total. The zero-order valence-electron chi connectivity index (χ0n) is 13.3. The van der Waals surface area contributed by atoms with Crippen LogP contribution in [0.4, 0.5) is 5.69 Å². The number of aryl methyl sites for hydroxylation is 1. The van der Waals surface area contributed by atoms with E-state index in [1.807, 2.05) is 48.1 Å². The summed E-state index contributed by atoms with van der Waals surface area (Å²) in [6.45, 7) is 3.29. The second-order valence-corrected chi connectivity index (χ2v) is 8.06. The highest BCUT2D eigenvalue weighted by molar-refractivity contribution is 9.11. The van der Waals surface area contributed by atoms with Crippen LogP contribution in [-0.2, 0) is 11.3 Å². The highest BCUT2D eigenvalue weighted by Gasteiger charge is 2.17. The van der Waals surface area contributed by atoms with Crippen LogP contribution in [0.15, 0.2) is 40.3 Å². The topological polar surface area (TPSA) is 72.9 Å². The molecule has 1 unspecified atom stereocenters. The standard InChI is InChI=1S/C17H19BrN4OS/c1-2-22-14-8-13(4-3-11(14)10-20-22)21-17(23)7-12(9-19)15-5-6-16(18)24-15/h3-6,8,10,12H,2,7,9,19H2,1H3,(H,21,23). The van der Waals surface area contributed by atoms with Gasteiger partial charge in [-0.2, -0.15) is 5.10 Å². The lowest BCUT2D eigenvalue weighted by Gasteiger charge is -2.13. The number of carbonyl (C=O) groups is 1. The van der Waals surface area contributed by atoms with E-state index < -0.39 is 0 Å². The van der Waals surface area contributed by atoms with Crippen molar-refractivity contribution in [3.8, 4) is 0 Å². The van der Waals surface area contributed by atoms with Gasteiger partial charge in [0.1, 0.15) is 0 Å². The first-order chi connectivity index (χ1) is 11.6. The van der Waals surface area contributed by atoms with Crippen molar-refractivity contribution in [3.05, 3.63) is 45.2 Å². The fraction of sp³-hybridized carbons (Fsp3) is 0.294. The Morgan fingerprint density at radius 2 is 2.25 bits per heavy atom. The Labute approximate surface area is 153 Å². The zero-order chi connectivity index (χ0) is 17.1. The molecule has 126 valence electrons. The summed E-state index contributed by atoms with van der Waals surface area (Å²) in [6, 6.07) is 9.84. The van der Waals surface area contributed by atoms with E-state index in [1.165, 1.54) is 0 Å². The van der Waals surface area contributed by atoms with Crippen LogP contribution in [0.25, 0.3) is 10.9 Å². The van der Waals surface area contributed by atoms with Gasteiger partial charge in [0, 0.05) is 41.4 Å². The molecule has 3 aromatic rings. The number of rotatable bonds is 6. The summed E-state index contributed by atoms with van der Waals surface area (Å²) in [7, 11) is 0. The average Bonchev–Trinajstić information content (AvgIpc) is 3.18. The first-order valence-corrected chi connectivity index (χ1v) is 9.42. The summed E-state index contributed by atoms with van der Waals surface area (Å²) in [5.74, 6) is 0.00286. The largest absolute Gasteiger partial charge is 0.330 e. The van der Waals surface area contributed by atoms with E-state index in [-0.39, 0.29) is 11.8 Å². The molecular weight excluding hydrogens is 388 g/mol. The molecule has 0 saturated heterocycles. The van der Waals surface area contributed by atoms with Crippen LogP contribution in [0.2, 0.25) is 0 Å². The van der Waals surface area contributed by atoms with E-state index in [0.29, 0.717) is 13.0 Å². The van der Waals surface area contributed by atoms with Gasteiger partial charge < -0.3 is 11.1 Å². The maximum absolute atomic E-state index is 12.4. The Morgan fingerprint density at radius 1 is 1.42 bits per heavy atom. The lowest BCUT2D eigenvalue weighted by atomic mass is 10.0. The van der Waals surface area contributed by atoms with Crippen LogP contribution in [0.1, 0.15) is 24.1 Å². The minimum Gasteiger partial charge on any atom is -0.330 e. The molecule has 0 aliphatic carbocycles. The van der Waals surface area contributed by atoms with E-state index in [9.17, 15) is 4.79 Å². The van der Waals surface area contributed by atoms with Crippen LogP contribution >= 0.6 is 27.3 Å². The number of amides is 1. The molecule has 1 amide bonds. The number of fused-ring (bicyclic) bond motifs is 1. The van der Waals surface area contributed by atoms with Crippen molar-refractivity contribution >= 4 is 49.8 Å². The number of nitrogens with two attached hydrogens (primary N) is 1. The number of nitrogens with zero attached hydrogens (tertiary/aromatic N) is 2. The number of halogens is 1. The Kier molecular flexibility index (Phi) is 5.33. The van der Waals surface area contributed by atoms with Crippen LogP contribution in [0, 0.1) is 0 Å². The molecule has 0 saturated carbocycles. The van der Waals surface area contributed by atoms with E-state index in [1.54, 1.807) is 11.3 Å². The van der Waals surface area contributed by atoms with Gasteiger partial charge in [0.25, 0.3) is 0 Å². The summed E-state index contributed by atoms with van der Waals surface area (Å²) < 4.78 is 2.96. The monoisotopic (exact) mass is 406 g/mol. The van der Waals surface area contributed by atoms with E-state index in [4.69, 9.17) is 5.73 Å². The fourth-order valence-electron chi connectivity index (χ4n) is 2.68. The number of nitrogens with one attached hydrogen (secondary N) is 1. The predicted octanol–water partition coefficient (Wildman–Crippen LogP) is 3.95. The molecule has 0 aliphatic rings. The Morgan fingerprint density at radius 3 is 2.92 bits per heavy atom. The van der Waals surface area contributed by atoms with Crippen LogP contribution < -0.4 is 11.1 Å². The molecule has 2 heterocycles. The van der Waals surface area contributed by atoms with E-state index in [0.717, 1.165) is 31.8 Å². The van der Waals surface area contributed by atoms with Crippen molar-refractivity contribution in [2.24, 2.45) is 5.73 Å². The Bertz CT molecular complexity index is 857. The van der Waals surface area contributed by atoms with Crippen molar-refractivity contribution in [1.29, 1.82) is 0 Å². The minimum atomic E-state index is -0.0307. The maximum Gasteiger partial charge on any atom is 0.225 e. The van der Waals surface area contributed by atoms with Gasteiger partial charge in [-0.05, 0) is 53.2 Å². The zero-order valence-corrected chi connectivity index (χ0v) is 15.7. The third kappa shape index (κ3) is 3.68. The lowest BCUT2D eigenvalue weighted by molar-refractivity contribution is -0.116. The van der Waals surface area contributed by atoms with Gasteiger partial charge in [0.2, 0.25) is 5.91 Å². The number of aromatic nitrogens is 2. The second-order valence-electron chi connectivity index (χ2n) is 5.56. The number of hydrogen-bond acceptors (Lipinski definition) is 4. The second kappa shape index (κ2) is 7.46. The minimum absolute atomic E-state index is 0.0307. The molecule has 0 aliphatic heterocycles. The third-order valence-electron chi connectivity index (χ3n) is 3.94. The molecule has 3 rings (SSSR count). The van der Waals surface area contributed by atoms with Gasteiger partial charge in [-0.15, -0.1) is 11.3 Å². The van der Waals surface area contributed by atoms with Crippen molar-refractivity contribution in [2.75, 3.05) is 11.9 Å². The lowest BCUT2D eigenvalue weighted by Crippen LogP contribution is -2.20. The van der Waals surface area contributed by atoms with Gasteiger partial charge >= 0.3 is 0 Å².